The molecule has 0 aliphatic rings. The zero-order chi connectivity index (χ0) is 39.8. The predicted molar refractivity (Wildman–Crippen MR) is 227 cm³/mol. The Bertz CT molecular complexity index is 2660. The van der Waals surface area contributed by atoms with Gasteiger partial charge in [-0.1, -0.05) is 73.3 Å². The molecule has 0 saturated carbocycles. The molecule has 0 bridgehead atoms. The second kappa shape index (κ2) is 16.4. The van der Waals surface area contributed by atoms with Crippen molar-refractivity contribution in [2.24, 2.45) is 0 Å². The van der Waals surface area contributed by atoms with Gasteiger partial charge >= 0.3 is 152 Å². The van der Waals surface area contributed by atoms with E-state index >= 15 is 0 Å². The monoisotopic (exact) mass is 951 g/mol. The Kier molecular flexibility index (Phi) is 10.4. The maximum atomic E-state index is 8.29. The largest absolute Gasteiger partial charge is 0 e. The molecule has 8 rings (SSSR count). The Labute approximate surface area is 340 Å². The summed E-state index contributed by atoms with van der Waals surface area (Å²) in [5.74, 6) is 6.42. The average molecular weight is 950 g/mol. The molecule has 3 heterocycles. The molecule has 5 heteroatoms. The Morgan fingerprint density at radius 1 is 0.679 bits per heavy atom. The number of fused-ring (bicyclic) bond motifs is 3. The van der Waals surface area contributed by atoms with Gasteiger partial charge in [0.2, 0.25) is 0 Å². The van der Waals surface area contributed by atoms with Gasteiger partial charge in [-0.2, -0.15) is 11.3 Å². The maximum Gasteiger partial charge on any atom is 0 e. The molecule has 0 aliphatic heterocycles. The summed E-state index contributed by atoms with van der Waals surface area (Å²) < 4.78 is 35.8. The molecule has 267 valence electrons. The topological polar surface area (TPSA) is 25.8 Å². The maximum absolute atomic E-state index is 8.29. The third kappa shape index (κ3) is 8.63. The van der Waals surface area contributed by atoms with E-state index in [0.29, 0.717) is 11.1 Å². The first kappa shape index (κ1) is 33.4. The van der Waals surface area contributed by atoms with Crippen LogP contribution in [0.3, 0.4) is 0 Å². The van der Waals surface area contributed by atoms with E-state index in [9.17, 15) is 0 Å². The van der Waals surface area contributed by atoms with E-state index in [1.54, 1.807) is 23.6 Å². The molecule has 3 aromatic heterocycles. The number of benzene rings is 5. The zero-order valence-electron chi connectivity index (χ0n) is 34.8. The molecule has 0 amide bonds. The van der Waals surface area contributed by atoms with Gasteiger partial charge in [0.25, 0.3) is 0 Å². The summed E-state index contributed by atoms with van der Waals surface area (Å²) in [7, 11) is 0. The number of nitrogens with zero attached hydrogens (tertiary/aromatic N) is 2. The fraction of sp³-hybridized carbons (Fsp3) is 0.167. The van der Waals surface area contributed by atoms with Crippen molar-refractivity contribution in [2.45, 2.75) is 50.8 Å². The number of aromatic nitrogens is 2. The van der Waals surface area contributed by atoms with Crippen molar-refractivity contribution in [1.29, 1.82) is 0 Å². The minimum Gasteiger partial charge on any atom is 0 e. The van der Waals surface area contributed by atoms with Crippen molar-refractivity contribution in [1.82, 2.24) is 9.97 Å². The third-order valence-corrected chi connectivity index (χ3v) is 15.0. The average Bonchev–Trinajstić information content (AvgIpc) is 3.55. The SMILES string of the molecule is [2H]C(C)(C)c1ccnc(-c2[c-]cc3c(c2)sc2ccc(-c4ccccc4)cc23)c1.[2H]C([2H])([2H])c1c[c-]c(-c2cc(C)[c]([Ge]([CH3])([CH3])[CH3])cn2)cc1-c1ccccc1.[Ir]. The summed E-state index contributed by atoms with van der Waals surface area (Å²) in [6, 6.07) is 47.1. The summed E-state index contributed by atoms with van der Waals surface area (Å²) in [6.45, 7) is 3.74. The van der Waals surface area contributed by atoms with Crippen LogP contribution in [0, 0.1) is 25.9 Å². The molecule has 0 fully saturated rings. The van der Waals surface area contributed by atoms with Crippen molar-refractivity contribution in [2.75, 3.05) is 0 Å². The summed E-state index contributed by atoms with van der Waals surface area (Å²) in [5, 5.41) is 2.49. The van der Waals surface area contributed by atoms with E-state index in [1.165, 1.54) is 41.3 Å². The van der Waals surface area contributed by atoms with Crippen LogP contribution in [0.1, 0.15) is 41.9 Å². The molecule has 8 aromatic rings. The van der Waals surface area contributed by atoms with Crippen LogP contribution in [-0.2, 0) is 20.1 Å². The quantitative estimate of drug-likeness (QED) is 0.123. The zero-order valence-corrected chi connectivity index (χ0v) is 36.1. The number of hydrogen-bond acceptors (Lipinski definition) is 3. The van der Waals surface area contributed by atoms with Crippen molar-refractivity contribution in [3.05, 3.63) is 163 Å². The van der Waals surface area contributed by atoms with Crippen LogP contribution in [0.5, 0.6) is 0 Å². The van der Waals surface area contributed by atoms with Gasteiger partial charge < -0.3 is 4.98 Å². The summed E-state index contributed by atoms with van der Waals surface area (Å²) in [5.41, 5.74) is 10.1. The summed E-state index contributed by atoms with van der Waals surface area (Å²) >= 11 is -0.163. The van der Waals surface area contributed by atoms with E-state index in [1.807, 2.05) is 74.6 Å². The Morgan fingerprint density at radius 2 is 1.36 bits per heavy atom. The summed E-state index contributed by atoms with van der Waals surface area (Å²) in [6.07, 6.45) is 3.79. The minimum absolute atomic E-state index is 0. The van der Waals surface area contributed by atoms with E-state index in [4.69, 9.17) is 5.48 Å². The van der Waals surface area contributed by atoms with Crippen LogP contribution < -0.4 is 4.40 Å². The number of pyridine rings is 2. The summed E-state index contributed by atoms with van der Waals surface area (Å²) in [4.78, 5) is 9.21. The van der Waals surface area contributed by atoms with Crippen molar-refractivity contribution in [3.8, 4) is 44.8 Å². The second-order valence-electron chi connectivity index (χ2n) is 14.4. The Morgan fingerprint density at radius 3 is 2.04 bits per heavy atom. The van der Waals surface area contributed by atoms with Gasteiger partial charge in [0.15, 0.2) is 0 Å². The predicted octanol–water partition coefficient (Wildman–Crippen LogP) is 13.1. The van der Waals surface area contributed by atoms with Gasteiger partial charge in [0.05, 0.1) is 0 Å². The van der Waals surface area contributed by atoms with Gasteiger partial charge in [0, 0.05) is 32.4 Å². The van der Waals surface area contributed by atoms with E-state index in [-0.39, 0.29) is 20.1 Å². The molecule has 0 atom stereocenters. The first-order chi connectivity index (χ1) is 26.6. The molecule has 5 aromatic carbocycles. The van der Waals surface area contributed by atoms with Gasteiger partial charge in [-0.3, -0.25) is 0 Å². The molecule has 0 unspecified atom stereocenters. The third-order valence-electron chi connectivity index (χ3n) is 9.35. The number of thiophene rings is 1. The van der Waals surface area contributed by atoms with E-state index < -0.39 is 26.0 Å². The fourth-order valence-electron chi connectivity index (χ4n) is 6.55. The standard InChI is InChI=1S/C26H20NS.C22H24GeN.Ir/c1-17(2)19-12-13-27-24(15-19)21-8-10-22-23-14-20(18-6-4-3-5-7-18)9-11-25(23)28-26(22)16-21;1-16-11-12-19(14-20(16)18-9-7-6-8-10-18)22-13-17(2)21(15-24-22)23(3,4)5;/h3-7,9-17H,1-2H3;6-11,13-15H,1-5H3;/q2*-1;/i17D;1D3;. The van der Waals surface area contributed by atoms with Crippen molar-refractivity contribution in [3.63, 3.8) is 0 Å². The van der Waals surface area contributed by atoms with Crippen LogP contribution in [-0.4, -0.2) is 23.2 Å². The van der Waals surface area contributed by atoms with Gasteiger partial charge in [-0.25, -0.2) is 0 Å². The first-order valence-electron chi connectivity index (χ1n) is 19.6. The van der Waals surface area contributed by atoms with E-state index in [2.05, 4.69) is 107 Å². The molecule has 0 saturated heterocycles. The number of hydrogen-bond donors (Lipinski definition) is 0. The number of aryl methyl sites for hydroxylation is 2. The Hall–Kier alpha value is -4.19. The molecular formula is C48H44GeIrN2S-2. The fourth-order valence-corrected chi connectivity index (χ4v) is 11.2. The molecule has 2 nitrogen and oxygen atoms in total. The van der Waals surface area contributed by atoms with Gasteiger partial charge in [-0.05, 0) is 44.9 Å². The second-order valence-corrected chi connectivity index (χ2v) is 26.1. The molecule has 0 spiro atoms. The Balaban J connectivity index is 0.000000190. The van der Waals surface area contributed by atoms with Crippen LogP contribution in [0.4, 0.5) is 0 Å². The molecule has 1 radical (unpaired) electrons. The normalized spacial score (nSPS) is 12.9. The molecule has 0 N–H and O–H groups in total. The van der Waals surface area contributed by atoms with E-state index in [0.717, 1.165) is 33.6 Å². The van der Waals surface area contributed by atoms with Crippen molar-refractivity contribution >= 4 is 49.2 Å². The molecule has 0 aliphatic carbocycles. The van der Waals surface area contributed by atoms with Gasteiger partial charge in [-0.15, -0.1) is 23.8 Å². The van der Waals surface area contributed by atoms with Crippen LogP contribution in [0.25, 0.3) is 64.9 Å². The molecule has 53 heavy (non-hydrogen) atoms. The first-order valence-corrected chi connectivity index (χ1v) is 25.7. The number of rotatable bonds is 6. The van der Waals surface area contributed by atoms with Gasteiger partial charge in [0.1, 0.15) is 0 Å². The van der Waals surface area contributed by atoms with Crippen LogP contribution in [0.2, 0.25) is 17.3 Å². The minimum atomic E-state index is -2.19. The van der Waals surface area contributed by atoms with Crippen LogP contribution >= 0.6 is 11.3 Å². The van der Waals surface area contributed by atoms with Crippen LogP contribution in [0.15, 0.2) is 134 Å². The van der Waals surface area contributed by atoms with Crippen molar-refractivity contribution < 1.29 is 25.6 Å². The molecular weight excluding hydrogens is 901 g/mol. The smallest absolute Gasteiger partial charge is 0 e.